The number of aromatic amines is 1. The van der Waals surface area contributed by atoms with E-state index in [-0.39, 0.29) is 17.5 Å². The molecule has 3 heterocycles. The maximum Gasteiger partial charge on any atom is 0.243 e. The van der Waals surface area contributed by atoms with Gasteiger partial charge in [-0.2, -0.15) is 0 Å². The predicted molar refractivity (Wildman–Crippen MR) is 113 cm³/mol. The number of halogens is 2. The number of rotatable bonds is 6. The van der Waals surface area contributed by atoms with Gasteiger partial charge in [0.25, 0.3) is 0 Å². The van der Waals surface area contributed by atoms with Crippen LogP contribution >= 0.6 is 0 Å². The number of hydrogen-bond acceptors (Lipinski definition) is 5. The van der Waals surface area contributed by atoms with E-state index in [1.54, 1.807) is 0 Å². The standard InChI is InChI=1S/C22H24F2N6O/c23-15-8-16(24)10-17(9-15)29-22(21(25)31,13-3-4-13)14-2-1-7-30(11-14)20-18-5-6-26-19(18)27-12-28-20/h5-6,8-10,12-14,29H,1-4,7,11H2,(H2,25,31)(H,26,27,28)/t14-,22?/m1/s1. The maximum absolute atomic E-state index is 13.8. The zero-order valence-corrected chi connectivity index (χ0v) is 16.9. The van der Waals surface area contributed by atoms with Crippen LogP contribution in [0, 0.1) is 23.5 Å². The minimum atomic E-state index is -1.08. The number of primary amides is 1. The van der Waals surface area contributed by atoms with Gasteiger partial charge in [-0.1, -0.05) is 0 Å². The van der Waals surface area contributed by atoms with Gasteiger partial charge in [-0.25, -0.2) is 18.7 Å². The SMILES string of the molecule is NC(=O)C(Nc1cc(F)cc(F)c1)(C1CC1)[C@@H]1CCCN(c2ncnc3[nH]ccc23)C1. The molecule has 2 aromatic heterocycles. The van der Waals surface area contributed by atoms with Gasteiger partial charge < -0.3 is 20.9 Å². The molecule has 5 rings (SSSR count). The molecule has 31 heavy (non-hydrogen) atoms. The summed E-state index contributed by atoms with van der Waals surface area (Å²) in [6.07, 6.45) is 6.67. The molecule has 162 valence electrons. The van der Waals surface area contributed by atoms with Crippen LogP contribution in [-0.2, 0) is 4.79 Å². The molecule has 7 nitrogen and oxygen atoms in total. The Balaban J connectivity index is 1.50. The molecule has 0 bridgehead atoms. The zero-order valence-electron chi connectivity index (χ0n) is 16.9. The van der Waals surface area contributed by atoms with Crippen LogP contribution in [0.25, 0.3) is 11.0 Å². The Kier molecular flexibility index (Phi) is 4.75. The molecule has 2 atom stereocenters. The molecule has 0 radical (unpaired) electrons. The molecule has 9 heteroatoms. The molecular weight excluding hydrogens is 402 g/mol. The van der Waals surface area contributed by atoms with Crippen molar-refractivity contribution in [2.24, 2.45) is 17.6 Å². The van der Waals surface area contributed by atoms with Gasteiger partial charge in [-0.05, 0) is 49.8 Å². The van der Waals surface area contributed by atoms with Crippen molar-refractivity contribution in [3.63, 3.8) is 0 Å². The minimum Gasteiger partial charge on any atom is -0.371 e. The number of H-pyrrole nitrogens is 1. The average Bonchev–Trinajstić information content (AvgIpc) is 3.47. The van der Waals surface area contributed by atoms with E-state index in [4.69, 9.17) is 5.73 Å². The minimum absolute atomic E-state index is 0.0268. The fraction of sp³-hybridized carbons (Fsp3) is 0.409. The van der Waals surface area contributed by atoms with E-state index >= 15 is 0 Å². The number of carbonyl (C=O) groups excluding carboxylic acids is 1. The van der Waals surface area contributed by atoms with Gasteiger partial charge in [-0.15, -0.1) is 0 Å². The fourth-order valence-electron chi connectivity index (χ4n) is 5.06. The molecule has 1 unspecified atom stereocenters. The first kappa shape index (κ1) is 19.7. The number of hydrogen-bond donors (Lipinski definition) is 3. The Morgan fingerprint density at radius 1 is 1.16 bits per heavy atom. The third-order valence-electron chi connectivity index (χ3n) is 6.54. The number of amides is 1. The second-order valence-corrected chi connectivity index (χ2v) is 8.51. The van der Waals surface area contributed by atoms with Gasteiger partial charge in [0, 0.05) is 37.0 Å². The number of aromatic nitrogens is 3. The fourth-order valence-corrected chi connectivity index (χ4v) is 5.06. The average molecular weight is 426 g/mol. The lowest BCUT2D eigenvalue weighted by atomic mass is 9.74. The number of benzene rings is 1. The summed E-state index contributed by atoms with van der Waals surface area (Å²) in [5.74, 6) is -1.18. The summed E-state index contributed by atoms with van der Waals surface area (Å²) in [5.41, 5.74) is 5.89. The van der Waals surface area contributed by atoms with Crippen LogP contribution in [0.2, 0.25) is 0 Å². The second kappa shape index (κ2) is 7.47. The number of nitrogens with one attached hydrogen (secondary N) is 2. The van der Waals surface area contributed by atoms with Crippen LogP contribution < -0.4 is 16.0 Å². The van der Waals surface area contributed by atoms with Crippen molar-refractivity contribution in [1.29, 1.82) is 0 Å². The Morgan fingerprint density at radius 3 is 2.65 bits per heavy atom. The van der Waals surface area contributed by atoms with Gasteiger partial charge in [0.1, 0.15) is 35.0 Å². The highest BCUT2D eigenvalue weighted by Gasteiger charge is 2.55. The van der Waals surface area contributed by atoms with Crippen molar-refractivity contribution in [1.82, 2.24) is 15.0 Å². The van der Waals surface area contributed by atoms with E-state index in [0.717, 1.165) is 55.1 Å². The van der Waals surface area contributed by atoms with Gasteiger partial charge in [-0.3, -0.25) is 4.79 Å². The van der Waals surface area contributed by atoms with Crippen molar-refractivity contribution >= 4 is 28.4 Å². The third kappa shape index (κ3) is 3.47. The quantitative estimate of drug-likeness (QED) is 0.562. The van der Waals surface area contributed by atoms with Crippen LogP contribution in [-0.4, -0.2) is 39.5 Å². The molecule has 1 saturated heterocycles. The first-order valence-corrected chi connectivity index (χ1v) is 10.5. The van der Waals surface area contributed by atoms with E-state index in [1.807, 2.05) is 12.3 Å². The number of nitrogens with zero attached hydrogens (tertiary/aromatic N) is 3. The second-order valence-electron chi connectivity index (χ2n) is 8.51. The van der Waals surface area contributed by atoms with Gasteiger partial charge in [0.05, 0.1) is 5.39 Å². The molecule has 0 spiro atoms. The third-order valence-corrected chi connectivity index (χ3v) is 6.54. The smallest absolute Gasteiger partial charge is 0.243 e. The van der Waals surface area contributed by atoms with Crippen molar-refractivity contribution in [2.75, 3.05) is 23.3 Å². The topological polar surface area (TPSA) is 99.9 Å². The van der Waals surface area contributed by atoms with E-state index in [0.29, 0.717) is 6.54 Å². The van der Waals surface area contributed by atoms with Crippen molar-refractivity contribution in [3.05, 3.63) is 48.4 Å². The van der Waals surface area contributed by atoms with Crippen LogP contribution in [0.4, 0.5) is 20.3 Å². The van der Waals surface area contributed by atoms with Crippen molar-refractivity contribution in [3.8, 4) is 0 Å². The van der Waals surface area contributed by atoms with Crippen LogP contribution in [0.5, 0.6) is 0 Å². The van der Waals surface area contributed by atoms with Crippen LogP contribution in [0.1, 0.15) is 25.7 Å². The Hall–Kier alpha value is -3.23. The predicted octanol–water partition coefficient (Wildman–Crippen LogP) is 3.20. The van der Waals surface area contributed by atoms with Crippen LogP contribution in [0.3, 0.4) is 0 Å². The molecule has 4 N–H and O–H groups in total. The molecule has 1 aromatic carbocycles. The lowest BCUT2D eigenvalue weighted by Gasteiger charge is -2.45. The highest BCUT2D eigenvalue weighted by Crippen LogP contribution is 2.48. The van der Waals surface area contributed by atoms with E-state index in [2.05, 4.69) is 25.2 Å². The molecule has 1 saturated carbocycles. The highest BCUT2D eigenvalue weighted by molar-refractivity contribution is 5.90. The largest absolute Gasteiger partial charge is 0.371 e. The molecule has 2 fully saturated rings. The van der Waals surface area contributed by atoms with Crippen LogP contribution in [0.15, 0.2) is 36.8 Å². The molecule has 1 aliphatic carbocycles. The normalized spacial score (nSPS) is 21.1. The Labute approximate surface area is 178 Å². The maximum atomic E-state index is 13.8. The summed E-state index contributed by atoms with van der Waals surface area (Å²) < 4.78 is 27.7. The molecule has 1 aliphatic heterocycles. The van der Waals surface area contributed by atoms with Gasteiger partial charge in [0.2, 0.25) is 5.91 Å². The lowest BCUT2D eigenvalue weighted by Crippen LogP contribution is -2.61. The Bertz CT molecular complexity index is 1110. The van der Waals surface area contributed by atoms with Crippen molar-refractivity contribution in [2.45, 2.75) is 31.2 Å². The number of fused-ring (bicyclic) bond motifs is 1. The summed E-state index contributed by atoms with van der Waals surface area (Å²) in [6, 6.07) is 5.16. The van der Waals surface area contributed by atoms with E-state index < -0.39 is 23.1 Å². The monoisotopic (exact) mass is 426 g/mol. The summed E-state index contributed by atoms with van der Waals surface area (Å²) in [4.78, 5) is 26.9. The summed E-state index contributed by atoms with van der Waals surface area (Å²) in [5, 5.41) is 4.11. The number of anilines is 2. The summed E-state index contributed by atoms with van der Waals surface area (Å²) in [6.45, 7) is 1.35. The molecule has 1 amide bonds. The number of piperidine rings is 1. The lowest BCUT2D eigenvalue weighted by molar-refractivity contribution is -0.125. The van der Waals surface area contributed by atoms with Gasteiger partial charge >= 0.3 is 0 Å². The molecule has 2 aliphatic rings. The van der Waals surface area contributed by atoms with E-state index in [9.17, 15) is 13.6 Å². The van der Waals surface area contributed by atoms with E-state index in [1.165, 1.54) is 18.5 Å². The number of carbonyl (C=O) groups is 1. The summed E-state index contributed by atoms with van der Waals surface area (Å²) in [7, 11) is 0. The molecular formula is C22H24F2N6O. The Morgan fingerprint density at radius 2 is 1.94 bits per heavy atom. The first-order valence-electron chi connectivity index (χ1n) is 10.5. The molecule has 3 aromatic rings. The van der Waals surface area contributed by atoms with Crippen molar-refractivity contribution < 1.29 is 13.6 Å². The van der Waals surface area contributed by atoms with Gasteiger partial charge in [0.15, 0.2) is 0 Å². The number of nitrogens with two attached hydrogens (primary N) is 1. The first-order chi connectivity index (χ1) is 15.0. The zero-order chi connectivity index (χ0) is 21.6. The summed E-state index contributed by atoms with van der Waals surface area (Å²) >= 11 is 0. The highest BCUT2D eigenvalue weighted by atomic mass is 19.1.